The van der Waals surface area contributed by atoms with Crippen LogP contribution in [0.3, 0.4) is 0 Å². The first kappa shape index (κ1) is 27.3. The van der Waals surface area contributed by atoms with E-state index in [9.17, 15) is 4.39 Å². The average molecular weight is 489 g/mol. The number of nitrogens with zero attached hydrogens (tertiary/aromatic N) is 2. The van der Waals surface area contributed by atoms with Crippen molar-refractivity contribution in [3.8, 4) is 28.3 Å². The number of hydrogen-bond donors (Lipinski definition) is 0. The van der Waals surface area contributed by atoms with Crippen LogP contribution in [0.4, 0.5) is 4.39 Å². The number of ether oxygens (including phenoxy) is 2. The lowest BCUT2D eigenvalue weighted by Crippen LogP contribution is -2.08. The second-order valence-corrected chi connectivity index (χ2v) is 8.88. The number of rotatable bonds is 15. The van der Waals surface area contributed by atoms with Crippen molar-refractivity contribution in [2.45, 2.75) is 58.5 Å². The number of halogens is 1. The van der Waals surface area contributed by atoms with E-state index in [1.54, 1.807) is 18.2 Å². The fourth-order valence-electron chi connectivity index (χ4n) is 3.81. The normalized spacial score (nSPS) is 12.1. The van der Waals surface area contributed by atoms with E-state index in [1.807, 2.05) is 36.7 Å². The van der Waals surface area contributed by atoms with Gasteiger partial charge in [0.05, 0.1) is 6.10 Å². The number of unbranched alkanes of at least 4 members (excludes halogenated alkanes) is 3. The summed E-state index contributed by atoms with van der Waals surface area (Å²) < 4.78 is 25.8. The van der Waals surface area contributed by atoms with Crippen LogP contribution in [0.5, 0.6) is 5.75 Å². The zero-order chi connectivity index (χ0) is 25.6. The van der Waals surface area contributed by atoms with Crippen LogP contribution in [0.2, 0.25) is 0 Å². The number of benzene rings is 2. The van der Waals surface area contributed by atoms with Gasteiger partial charge in [0.25, 0.3) is 0 Å². The van der Waals surface area contributed by atoms with E-state index in [-0.39, 0.29) is 5.82 Å². The maximum Gasteiger partial charge on any atom is 0.159 e. The average Bonchev–Trinajstić information content (AvgIpc) is 2.90. The summed E-state index contributed by atoms with van der Waals surface area (Å²) in [6.45, 7) is 9.17. The molecule has 0 aliphatic heterocycles. The minimum atomic E-state index is -0.328. The highest BCUT2D eigenvalue weighted by molar-refractivity contribution is 5.69. The molecule has 0 saturated heterocycles. The van der Waals surface area contributed by atoms with Crippen molar-refractivity contribution in [2.75, 3.05) is 13.2 Å². The Balaban J connectivity index is 1.49. The van der Waals surface area contributed by atoms with Gasteiger partial charge in [-0.3, -0.25) is 0 Å². The Morgan fingerprint density at radius 1 is 1.00 bits per heavy atom. The molecule has 190 valence electrons. The van der Waals surface area contributed by atoms with Crippen LogP contribution in [-0.4, -0.2) is 29.3 Å². The summed E-state index contributed by atoms with van der Waals surface area (Å²) in [6, 6.07) is 12.5. The van der Waals surface area contributed by atoms with E-state index in [2.05, 4.69) is 42.5 Å². The Kier molecular flexibility index (Phi) is 11.3. The molecule has 3 rings (SSSR count). The smallest absolute Gasteiger partial charge is 0.159 e. The van der Waals surface area contributed by atoms with Crippen LogP contribution in [0.15, 0.2) is 73.6 Å². The van der Waals surface area contributed by atoms with Crippen molar-refractivity contribution in [3.05, 3.63) is 85.0 Å². The van der Waals surface area contributed by atoms with Crippen LogP contribution in [0, 0.1) is 5.82 Å². The molecular formula is C31H37FN2O2. The zero-order valence-electron chi connectivity index (χ0n) is 21.5. The summed E-state index contributed by atoms with van der Waals surface area (Å²) in [5, 5.41) is 0. The summed E-state index contributed by atoms with van der Waals surface area (Å²) in [7, 11) is 0. The van der Waals surface area contributed by atoms with Gasteiger partial charge in [-0.25, -0.2) is 14.4 Å². The maximum absolute atomic E-state index is 14.6. The largest absolute Gasteiger partial charge is 0.489 e. The number of hydrogen-bond acceptors (Lipinski definition) is 4. The topological polar surface area (TPSA) is 44.2 Å². The van der Waals surface area contributed by atoms with E-state index in [0.29, 0.717) is 29.8 Å². The molecule has 0 N–H and O–H groups in total. The molecule has 0 spiro atoms. The molecule has 0 saturated carbocycles. The van der Waals surface area contributed by atoms with Crippen LogP contribution >= 0.6 is 0 Å². The van der Waals surface area contributed by atoms with Gasteiger partial charge in [0.15, 0.2) is 5.82 Å². The highest BCUT2D eigenvalue weighted by Gasteiger charge is 2.08. The van der Waals surface area contributed by atoms with Gasteiger partial charge in [-0.1, -0.05) is 68.8 Å². The molecule has 1 aromatic heterocycles. The third kappa shape index (κ3) is 8.72. The summed E-state index contributed by atoms with van der Waals surface area (Å²) >= 11 is 0. The van der Waals surface area contributed by atoms with E-state index in [0.717, 1.165) is 49.0 Å². The summed E-state index contributed by atoms with van der Waals surface area (Å²) in [6.07, 6.45) is 16.6. The van der Waals surface area contributed by atoms with Gasteiger partial charge >= 0.3 is 0 Å². The van der Waals surface area contributed by atoms with Crippen molar-refractivity contribution in [3.63, 3.8) is 0 Å². The third-order valence-electron chi connectivity index (χ3n) is 5.88. The second kappa shape index (κ2) is 14.9. The van der Waals surface area contributed by atoms with Gasteiger partial charge in [0, 0.05) is 41.8 Å². The lowest BCUT2D eigenvalue weighted by molar-refractivity contribution is 0.0566. The Hall–Kier alpha value is -3.31. The van der Waals surface area contributed by atoms with E-state index in [1.165, 1.54) is 18.9 Å². The molecule has 0 fully saturated rings. The molecule has 3 aromatic rings. The predicted molar refractivity (Wildman–Crippen MR) is 146 cm³/mol. The Labute approximate surface area is 214 Å². The van der Waals surface area contributed by atoms with Crippen LogP contribution in [0.1, 0.15) is 57.9 Å². The molecule has 0 bridgehead atoms. The van der Waals surface area contributed by atoms with Crippen LogP contribution < -0.4 is 4.74 Å². The Morgan fingerprint density at radius 3 is 2.44 bits per heavy atom. The van der Waals surface area contributed by atoms with Gasteiger partial charge in [-0.15, -0.1) is 0 Å². The highest BCUT2D eigenvalue weighted by Crippen LogP contribution is 2.28. The van der Waals surface area contributed by atoms with Crippen molar-refractivity contribution in [2.24, 2.45) is 0 Å². The van der Waals surface area contributed by atoms with Gasteiger partial charge < -0.3 is 9.47 Å². The molecule has 1 unspecified atom stereocenters. The van der Waals surface area contributed by atoms with Gasteiger partial charge in [-0.05, 0) is 50.3 Å². The van der Waals surface area contributed by atoms with Crippen molar-refractivity contribution < 1.29 is 13.9 Å². The molecule has 0 aliphatic rings. The molecule has 2 aromatic carbocycles. The summed E-state index contributed by atoms with van der Waals surface area (Å²) in [4.78, 5) is 9.01. The van der Waals surface area contributed by atoms with Crippen molar-refractivity contribution >= 4 is 6.08 Å². The van der Waals surface area contributed by atoms with Gasteiger partial charge in [-0.2, -0.15) is 0 Å². The predicted octanol–water partition coefficient (Wildman–Crippen LogP) is 8.29. The van der Waals surface area contributed by atoms with Crippen LogP contribution in [-0.2, 0) is 4.74 Å². The van der Waals surface area contributed by atoms with E-state index in [4.69, 9.17) is 9.47 Å². The molecule has 1 heterocycles. The SMILES string of the molecule is C=CCOc1ccc(-c2ccc(-c3ncc(/C=C/CCCC(C)OCCCCC)cn3)cc2)c(F)c1. The number of aromatic nitrogens is 2. The Bertz CT molecular complexity index is 1090. The van der Waals surface area contributed by atoms with Crippen molar-refractivity contribution in [1.82, 2.24) is 9.97 Å². The third-order valence-corrected chi connectivity index (χ3v) is 5.88. The fraction of sp³-hybridized carbons (Fsp3) is 0.355. The lowest BCUT2D eigenvalue weighted by atomic mass is 10.0. The molecule has 5 heteroatoms. The van der Waals surface area contributed by atoms with Gasteiger partial charge in [0.1, 0.15) is 18.2 Å². The zero-order valence-corrected chi connectivity index (χ0v) is 21.5. The minimum absolute atomic E-state index is 0.316. The highest BCUT2D eigenvalue weighted by atomic mass is 19.1. The summed E-state index contributed by atoms with van der Waals surface area (Å²) in [5.74, 6) is 0.795. The molecule has 36 heavy (non-hydrogen) atoms. The summed E-state index contributed by atoms with van der Waals surface area (Å²) in [5.41, 5.74) is 3.16. The molecular weight excluding hydrogens is 451 g/mol. The van der Waals surface area contributed by atoms with Gasteiger partial charge in [0.2, 0.25) is 0 Å². The minimum Gasteiger partial charge on any atom is -0.489 e. The molecule has 4 nitrogen and oxygen atoms in total. The monoisotopic (exact) mass is 488 g/mol. The van der Waals surface area contributed by atoms with E-state index < -0.39 is 0 Å². The maximum atomic E-state index is 14.6. The lowest BCUT2D eigenvalue weighted by Gasteiger charge is -2.11. The van der Waals surface area contributed by atoms with Crippen LogP contribution in [0.25, 0.3) is 28.6 Å². The molecule has 1 atom stereocenters. The standard InChI is InChI=1S/C31H37FN2O2/c1-4-6-10-20-35-24(3)11-8-7-9-12-25-22-33-31(34-23-25)27-15-13-26(14-16-27)29-18-17-28(21-30(29)32)36-19-5-2/h5,9,12-18,21-24H,2,4,6-8,10-11,19-20H2,1,3H3/b12-9+. The van der Waals surface area contributed by atoms with Crippen molar-refractivity contribution in [1.29, 1.82) is 0 Å². The second-order valence-electron chi connectivity index (χ2n) is 8.88. The first-order valence-corrected chi connectivity index (χ1v) is 12.8. The number of allylic oxidation sites excluding steroid dienone is 1. The quantitative estimate of drug-likeness (QED) is 0.159. The molecule has 0 aliphatic carbocycles. The first-order chi connectivity index (χ1) is 17.6. The molecule has 0 amide bonds. The Morgan fingerprint density at radius 2 is 1.75 bits per heavy atom. The molecule has 0 radical (unpaired) electrons. The first-order valence-electron chi connectivity index (χ1n) is 12.8. The van der Waals surface area contributed by atoms with E-state index >= 15 is 0 Å². The fourth-order valence-corrected chi connectivity index (χ4v) is 3.81.